The Hall–Kier alpha value is -1.58. The molecule has 1 aliphatic heterocycles. The van der Waals surface area contributed by atoms with Gasteiger partial charge in [-0.1, -0.05) is 6.07 Å². The number of urea groups is 1. The molecule has 4 heteroatoms. The number of rotatable bonds is 3. The third-order valence-corrected chi connectivity index (χ3v) is 2.83. The normalized spacial score (nSPS) is 20.3. The maximum atomic E-state index is 11.6. The molecule has 0 aromatic carbocycles. The average Bonchev–Trinajstić information content (AvgIpc) is 2.61. The molecule has 0 spiro atoms. The first kappa shape index (κ1) is 10.9. The number of pyridine rings is 1. The predicted molar refractivity (Wildman–Crippen MR) is 62.1 cm³/mol. The summed E-state index contributed by atoms with van der Waals surface area (Å²) < 4.78 is 0. The maximum Gasteiger partial charge on any atom is 0.317 e. The summed E-state index contributed by atoms with van der Waals surface area (Å²) in [6.45, 7) is 4.85. The van der Waals surface area contributed by atoms with E-state index >= 15 is 0 Å². The molecule has 1 N–H and O–H groups in total. The third kappa shape index (κ3) is 2.32. The van der Waals surface area contributed by atoms with Gasteiger partial charge in [0.1, 0.15) is 0 Å². The smallest absolute Gasteiger partial charge is 0.317 e. The lowest BCUT2D eigenvalue weighted by atomic mass is 10.1. The van der Waals surface area contributed by atoms with Gasteiger partial charge in [0.25, 0.3) is 0 Å². The highest BCUT2D eigenvalue weighted by molar-refractivity contribution is 5.77. The van der Waals surface area contributed by atoms with Crippen LogP contribution in [-0.4, -0.2) is 34.5 Å². The van der Waals surface area contributed by atoms with Crippen LogP contribution in [0.2, 0.25) is 0 Å². The first-order valence-corrected chi connectivity index (χ1v) is 5.63. The highest BCUT2D eigenvalue weighted by Gasteiger charge is 2.30. The van der Waals surface area contributed by atoms with Gasteiger partial charge in [-0.15, -0.1) is 0 Å². The predicted octanol–water partition coefficient (Wildman–Crippen LogP) is 1.43. The second-order valence-corrected chi connectivity index (χ2v) is 4.46. The van der Waals surface area contributed by atoms with Gasteiger partial charge < -0.3 is 10.2 Å². The molecular weight excluding hydrogens is 202 g/mol. The Kier molecular flexibility index (Phi) is 3.08. The quantitative estimate of drug-likeness (QED) is 0.835. The van der Waals surface area contributed by atoms with E-state index in [4.69, 9.17) is 0 Å². The molecule has 1 fully saturated rings. The summed E-state index contributed by atoms with van der Waals surface area (Å²) in [5.41, 5.74) is 1.17. The highest BCUT2D eigenvalue weighted by Crippen LogP contribution is 2.12. The van der Waals surface area contributed by atoms with Crippen LogP contribution in [-0.2, 0) is 6.42 Å². The zero-order valence-corrected chi connectivity index (χ0v) is 9.68. The lowest BCUT2D eigenvalue weighted by Gasteiger charge is -2.18. The molecule has 2 rings (SSSR count). The van der Waals surface area contributed by atoms with Gasteiger partial charge in [0.15, 0.2) is 0 Å². The second-order valence-electron chi connectivity index (χ2n) is 4.46. The monoisotopic (exact) mass is 219 g/mol. The van der Waals surface area contributed by atoms with Crippen molar-refractivity contribution in [3.63, 3.8) is 0 Å². The maximum absolute atomic E-state index is 11.6. The van der Waals surface area contributed by atoms with Crippen molar-refractivity contribution in [3.05, 3.63) is 30.1 Å². The Morgan fingerprint density at radius 2 is 2.44 bits per heavy atom. The molecule has 86 valence electrons. The van der Waals surface area contributed by atoms with Crippen LogP contribution in [0.25, 0.3) is 0 Å². The third-order valence-electron chi connectivity index (χ3n) is 2.83. The SMILES string of the molecule is CC(C)N1C[C@@H](Cc2cccnc2)NC1=O. The Morgan fingerprint density at radius 3 is 3.00 bits per heavy atom. The van der Waals surface area contributed by atoms with Crippen molar-refractivity contribution in [2.45, 2.75) is 32.4 Å². The van der Waals surface area contributed by atoms with Crippen LogP contribution >= 0.6 is 0 Å². The van der Waals surface area contributed by atoms with Gasteiger partial charge in [-0.3, -0.25) is 4.98 Å². The van der Waals surface area contributed by atoms with Crippen LogP contribution in [0.5, 0.6) is 0 Å². The number of hydrogen-bond acceptors (Lipinski definition) is 2. The highest BCUT2D eigenvalue weighted by atomic mass is 16.2. The van der Waals surface area contributed by atoms with Gasteiger partial charge in [0, 0.05) is 25.0 Å². The second kappa shape index (κ2) is 4.51. The molecule has 0 saturated carbocycles. The van der Waals surface area contributed by atoms with E-state index in [1.807, 2.05) is 37.1 Å². The summed E-state index contributed by atoms with van der Waals surface area (Å²) in [6, 6.07) is 4.48. The Bertz CT molecular complexity index is 364. The van der Waals surface area contributed by atoms with Crippen LogP contribution in [0.3, 0.4) is 0 Å². The molecule has 1 aromatic rings. The number of nitrogens with one attached hydrogen (secondary N) is 1. The van der Waals surface area contributed by atoms with Crippen molar-refractivity contribution >= 4 is 6.03 Å². The van der Waals surface area contributed by atoms with E-state index < -0.39 is 0 Å². The number of carbonyl (C=O) groups excluding carboxylic acids is 1. The standard InChI is InChI=1S/C12H17N3O/c1-9(2)15-8-11(14-12(15)16)6-10-4-3-5-13-7-10/h3-5,7,9,11H,6,8H2,1-2H3,(H,14,16)/t11-/m1/s1. The molecule has 1 saturated heterocycles. The Morgan fingerprint density at radius 1 is 1.62 bits per heavy atom. The van der Waals surface area contributed by atoms with E-state index in [1.54, 1.807) is 6.20 Å². The van der Waals surface area contributed by atoms with Gasteiger partial charge in [0.05, 0.1) is 6.04 Å². The summed E-state index contributed by atoms with van der Waals surface area (Å²) in [6.07, 6.45) is 4.46. The minimum Gasteiger partial charge on any atom is -0.333 e. The summed E-state index contributed by atoms with van der Waals surface area (Å²) in [7, 11) is 0. The van der Waals surface area contributed by atoms with Gasteiger partial charge >= 0.3 is 6.03 Å². The Balaban J connectivity index is 1.97. The lowest BCUT2D eigenvalue weighted by Crippen LogP contribution is -2.33. The van der Waals surface area contributed by atoms with Crippen molar-refractivity contribution in [1.82, 2.24) is 15.2 Å². The van der Waals surface area contributed by atoms with Crippen LogP contribution in [0.15, 0.2) is 24.5 Å². The van der Waals surface area contributed by atoms with E-state index in [0.29, 0.717) is 0 Å². The average molecular weight is 219 g/mol. The van der Waals surface area contributed by atoms with Crippen molar-refractivity contribution < 1.29 is 4.79 Å². The van der Waals surface area contributed by atoms with Gasteiger partial charge in [-0.25, -0.2) is 4.79 Å². The zero-order valence-electron chi connectivity index (χ0n) is 9.68. The number of amides is 2. The van der Waals surface area contributed by atoms with Crippen molar-refractivity contribution in [2.24, 2.45) is 0 Å². The Labute approximate surface area is 95.7 Å². The van der Waals surface area contributed by atoms with Gasteiger partial charge in [-0.05, 0) is 31.9 Å². The topological polar surface area (TPSA) is 45.2 Å². The molecule has 0 radical (unpaired) electrons. The van der Waals surface area contributed by atoms with Crippen molar-refractivity contribution in [3.8, 4) is 0 Å². The van der Waals surface area contributed by atoms with Crippen LogP contribution in [0, 0.1) is 0 Å². The van der Waals surface area contributed by atoms with Gasteiger partial charge in [-0.2, -0.15) is 0 Å². The fourth-order valence-electron chi connectivity index (χ4n) is 1.99. The van der Waals surface area contributed by atoms with E-state index in [-0.39, 0.29) is 18.1 Å². The fourth-order valence-corrected chi connectivity index (χ4v) is 1.99. The minimum absolute atomic E-state index is 0.0453. The van der Waals surface area contributed by atoms with Crippen LogP contribution in [0.1, 0.15) is 19.4 Å². The summed E-state index contributed by atoms with van der Waals surface area (Å²) in [5.74, 6) is 0. The molecule has 1 atom stereocenters. The molecule has 16 heavy (non-hydrogen) atoms. The van der Waals surface area contributed by atoms with E-state index in [1.165, 1.54) is 5.56 Å². The molecule has 2 amide bonds. The molecule has 0 aliphatic carbocycles. The van der Waals surface area contributed by atoms with E-state index in [0.717, 1.165) is 13.0 Å². The number of nitrogens with zero attached hydrogens (tertiary/aromatic N) is 2. The van der Waals surface area contributed by atoms with Gasteiger partial charge in [0.2, 0.25) is 0 Å². The van der Waals surface area contributed by atoms with E-state index in [2.05, 4.69) is 10.3 Å². The molecular formula is C12H17N3O. The first-order valence-electron chi connectivity index (χ1n) is 5.63. The molecule has 2 heterocycles. The number of aromatic nitrogens is 1. The van der Waals surface area contributed by atoms with Crippen molar-refractivity contribution in [2.75, 3.05) is 6.54 Å². The molecule has 1 aromatic heterocycles. The molecule has 0 bridgehead atoms. The first-order chi connectivity index (χ1) is 7.66. The van der Waals surface area contributed by atoms with E-state index in [9.17, 15) is 4.79 Å². The summed E-state index contributed by atoms with van der Waals surface area (Å²) in [5, 5.41) is 2.99. The lowest BCUT2D eigenvalue weighted by molar-refractivity contribution is 0.206. The summed E-state index contributed by atoms with van der Waals surface area (Å²) >= 11 is 0. The molecule has 0 unspecified atom stereocenters. The summed E-state index contributed by atoms with van der Waals surface area (Å²) in [4.78, 5) is 17.6. The minimum atomic E-state index is 0.0453. The molecule has 4 nitrogen and oxygen atoms in total. The number of hydrogen-bond donors (Lipinski definition) is 1. The van der Waals surface area contributed by atoms with Crippen LogP contribution in [0.4, 0.5) is 4.79 Å². The number of carbonyl (C=O) groups is 1. The molecule has 1 aliphatic rings. The fraction of sp³-hybridized carbons (Fsp3) is 0.500. The van der Waals surface area contributed by atoms with Crippen LogP contribution < -0.4 is 5.32 Å². The van der Waals surface area contributed by atoms with Crippen molar-refractivity contribution in [1.29, 1.82) is 0 Å². The largest absolute Gasteiger partial charge is 0.333 e. The zero-order chi connectivity index (χ0) is 11.5.